The van der Waals surface area contributed by atoms with Crippen molar-refractivity contribution < 1.29 is 23.7 Å². The Labute approximate surface area is 206 Å². The Kier molecular flexibility index (Phi) is 7.28. The summed E-state index contributed by atoms with van der Waals surface area (Å²) in [4.78, 5) is 19.3. The Hall–Kier alpha value is -2.99. The molecule has 0 bridgehead atoms. The lowest BCUT2D eigenvalue weighted by Gasteiger charge is -2.26. The van der Waals surface area contributed by atoms with Crippen LogP contribution in [0.1, 0.15) is 12.5 Å². The van der Waals surface area contributed by atoms with Gasteiger partial charge in [-0.25, -0.2) is 0 Å². The van der Waals surface area contributed by atoms with Gasteiger partial charge >= 0.3 is 0 Å². The van der Waals surface area contributed by atoms with Crippen molar-refractivity contribution in [2.24, 2.45) is 0 Å². The average Bonchev–Trinajstić information content (AvgIpc) is 2.88. The summed E-state index contributed by atoms with van der Waals surface area (Å²) in [7, 11) is 1.96. The molecule has 5 rings (SSSR count). The van der Waals surface area contributed by atoms with Crippen LogP contribution in [0.15, 0.2) is 54.4 Å². The lowest BCUT2D eigenvalue weighted by molar-refractivity contribution is -0.116. The Bertz CT molecular complexity index is 1260. The third-order valence-electron chi connectivity index (χ3n) is 6.23. The van der Waals surface area contributed by atoms with Crippen LogP contribution < -0.4 is 19.5 Å². The molecule has 1 fully saturated rings. The van der Waals surface area contributed by atoms with E-state index in [4.69, 9.17) is 18.9 Å². The molecule has 0 amide bonds. The molecular formula is C27H29N2O5P. The molecule has 0 N–H and O–H groups in total. The Morgan fingerprint density at radius 1 is 1.14 bits per heavy atom. The number of hydrogen-bond acceptors (Lipinski definition) is 7. The van der Waals surface area contributed by atoms with Crippen LogP contribution in [0, 0.1) is 0 Å². The average molecular weight is 493 g/mol. The van der Waals surface area contributed by atoms with Crippen LogP contribution in [0.2, 0.25) is 0 Å². The number of ketones is 1. The molecule has 2 unspecified atom stereocenters. The predicted octanol–water partition coefficient (Wildman–Crippen LogP) is 3.65. The molecule has 3 aromatic rings. The van der Waals surface area contributed by atoms with Gasteiger partial charge in [0.15, 0.2) is 11.5 Å². The third-order valence-corrected chi connectivity index (χ3v) is 7.98. The minimum atomic E-state index is -0.294. The van der Waals surface area contributed by atoms with E-state index < -0.39 is 0 Å². The van der Waals surface area contributed by atoms with Crippen molar-refractivity contribution in [1.29, 1.82) is 0 Å². The van der Waals surface area contributed by atoms with Crippen LogP contribution >= 0.6 is 8.58 Å². The maximum atomic E-state index is 12.5. The highest BCUT2D eigenvalue weighted by Crippen LogP contribution is 2.39. The molecule has 2 aromatic carbocycles. The highest BCUT2D eigenvalue weighted by atomic mass is 31.1. The summed E-state index contributed by atoms with van der Waals surface area (Å²) in [6.07, 6.45) is 3.69. The Morgan fingerprint density at radius 3 is 2.77 bits per heavy atom. The van der Waals surface area contributed by atoms with Gasteiger partial charge in [-0.05, 0) is 36.0 Å². The number of allylic oxidation sites excluding steroid dienone is 1. The van der Waals surface area contributed by atoms with E-state index in [1.54, 1.807) is 20.2 Å². The molecule has 0 spiro atoms. The summed E-state index contributed by atoms with van der Waals surface area (Å²) in [6, 6.07) is 13.7. The molecule has 0 saturated carbocycles. The second-order valence-electron chi connectivity index (χ2n) is 8.56. The lowest BCUT2D eigenvalue weighted by atomic mass is 10.1. The Balaban J connectivity index is 1.41. The fourth-order valence-corrected chi connectivity index (χ4v) is 5.65. The molecule has 2 atom stereocenters. The van der Waals surface area contributed by atoms with Crippen LogP contribution in [0.25, 0.3) is 17.0 Å². The van der Waals surface area contributed by atoms with Crippen molar-refractivity contribution in [2.75, 3.05) is 46.6 Å². The van der Waals surface area contributed by atoms with Gasteiger partial charge in [0.1, 0.15) is 23.9 Å². The van der Waals surface area contributed by atoms with Gasteiger partial charge in [0.25, 0.3) is 0 Å². The number of methoxy groups -OCH3 is 1. The van der Waals surface area contributed by atoms with E-state index >= 15 is 0 Å². The van der Waals surface area contributed by atoms with Crippen LogP contribution in [0.5, 0.6) is 17.2 Å². The SMILES string of the molecule is COc1cc2c(OC3=Cc4ccccc4PC3C(C)=O)ccnc2cc1OCCN1CCOCC1. The van der Waals surface area contributed by atoms with E-state index in [0.717, 1.165) is 49.3 Å². The monoisotopic (exact) mass is 492 g/mol. The van der Waals surface area contributed by atoms with Crippen LogP contribution in [0.3, 0.4) is 0 Å². The van der Waals surface area contributed by atoms with E-state index in [-0.39, 0.29) is 11.4 Å². The van der Waals surface area contributed by atoms with Gasteiger partial charge in [-0.3, -0.25) is 14.7 Å². The first-order valence-corrected chi connectivity index (χ1v) is 12.9. The van der Waals surface area contributed by atoms with Crippen LogP contribution in [0.4, 0.5) is 0 Å². The van der Waals surface area contributed by atoms with Crippen molar-refractivity contribution >= 4 is 36.6 Å². The van der Waals surface area contributed by atoms with Crippen molar-refractivity contribution in [3.05, 3.63) is 60.0 Å². The van der Waals surface area contributed by atoms with E-state index in [1.807, 2.05) is 36.4 Å². The minimum Gasteiger partial charge on any atom is -0.493 e. The van der Waals surface area contributed by atoms with Crippen molar-refractivity contribution in [2.45, 2.75) is 12.6 Å². The number of rotatable bonds is 8. The molecule has 7 nitrogen and oxygen atoms in total. The number of morpholine rings is 1. The number of carbonyl (C=O) groups excluding carboxylic acids is 1. The summed E-state index contributed by atoms with van der Waals surface area (Å²) in [5, 5.41) is 1.98. The molecule has 1 aromatic heterocycles. The van der Waals surface area contributed by atoms with Crippen molar-refractivity contribution in [3.8, 4) is 17.2 Å². The summed E-state index contributed by atoms with van der Waals surface area (Å²) < 4.78 is 23.5. The fraction of sp³-hybridized carbons (Fsp3) is 0.333. The molecule has 0 aliphatic carbocycles. The van der Waals surface area contributed by atoms with Gasteiger partial charge in [-0.2, -0.15) is 0 Å². The number of aromatic nitrogens is 1. The topological polar surface area (TPSA) is 70.1 Å². The first-order valence-electron chi connectivity index (χ1n) is 11.8. The third kappa shape index (κ3) is 5.32. The summed E-state index contributed by atoms with van der Waals surface area (Å²) in [6.45, 7) is 6.36. The second-order valence-corrected chi connectivity index (χ2v) is 9.96. The molecule has 35 heavy (non-hydrogen) atoms. The molecular weight excluding hydrogens is 463 g/mol. The zero-order valence-corrected chi connectivity index (χ0v) is 21.0. The van der Waals surface area contributed by atoms with Gasteiger partial charge in [0.05, 0.1) is 31.5 Å². The fourth-order valence-electron chi connectivity index (χ4n) is 4.33. The first-order chi connectivity index (χ1) is 17.1. The number of nitrogens with zero attached hydrogens (tertiary/aromatic N) is 2. The normalized spacial score (nSPS) is 18.7. The van der Waals surface area contributed by atoms with Crippen molar-refractivity contribution in [3.63, 3.8) is 0 Å². The number of pyridine rings is 1. The molecule has 0 radical (unpaired) electrons. The van der Waals surface area contributed by atoms with Gasteiger partial charge < -0.3 is 18.9 Å². The maximum absolute atomic E-state index is 12.5. The van der Waals surface area contributed by atoms with Gasteiger partial charge in [0.2, 0.25) is 0 Å². The zero-order valence-electron chi connectivity index (χ0n) is 20.0. The second kappa shape index (κ2) is 10.7. The van der Waals surface area contributed by atoms with Crippen LogP contribution in [-0.2, 0) is 9.53 Å². The Morgan fingerprint density at radius 2 is 1.97 bits per heavy atom. The highest BCUT2D eigenvalue weighted by Gasteiger charge is 2.27. The number of ether oxygens (including phenoxy) is 4. The molecule has 182 valence electrons. The molecule has 1 saturated heterocycles. The van der Waals surface area contributed by atoms with E-state index in [0.29, 0.717) is 38.2 Å². The van der Waals surface area contributed by atoms with Gasteiger partial charge in [-0.15, -0.1) is 0 Å². The van der Waals surface area contributed by atoms with E-state index in [2.05, 4.69) is 22.0 Å². The number of Topliss-reactive ketones (excluding diaryl/α,β-unsaturated/α-hetero) is 1. The van der Waals surface area contributed by atoms with Crippen LogP contribution in [-0.4, -0.2) is 67.9 Å². The van der Waals surface area contributed by atoms with Gasteiger partial charge in [0, 0.05) is 37.3 Å². The maximum Gasteiger partial charge on any atom is 0.163 e. The van der Waals surface area contributed by atoms with Gasteiger partial charge in [-0.1, -0.05) is 32.8 Å². The standard InChI is InChI=1S/C27H29N2O5P/c1-18(30)27-25(15-19-5-3-4-6-26(19)35-27)34-22-7-8-28-21-17-24(23(31-2)16-20(21)22)33-14-11-29-9-12-32-13-10-29/h3-8,15-17,27,35H,9-14H2,1-2H3. The smallest absolute Gasteiger partial charge is 0.163 e. The molecule has 8 heteroatoms. The number of benzene rings is 2. The van der Waals surface area contributed by atoms with E-state index in [1.165, 1.54) is 5.30 Å². The molecule has 3 heterocycles. The highest BCUT2D eigenvalue weighted by molar-refractivity contribution is 7.49. The first kappa shape index (κ1) is 23.7. The molecule has 2 aliphatic rings. The minimum absolute atomic E-state index is 0.0935. The molecule has 2 aliphatic heterocycles. The quantitative estimate of drug-likeness (QED) is 0.445. The predicted molar refractivity (Wildman–Crippen MR) is 139 cm³/mol. The lowest BCUT2D eigenvalue weighted by Crippen LogP contribution is -2.38. The number of fused-ring (bicyclic) bond motifs is 2. The number of hydrogen-bond donors (Lipinski definition) is 0. The van der Waals surface area contributed by atoms with E-state index in [9.17, 15) is 4.79 Å². The summed E-state index contributed by atoms with van der Waals surface area (Å²) >= 11 is 0. The number of carbonyl (C=O) groups is 1. The zero-order chi connectivity index (χ0) is 24.2. The summed E-state index contributed by atoms with van der Waals surface area (Å²) in [5.74, 6) is 2.65. The summed E-state index contributed by atoms with van der Waals surface area (Å²) in [5.41, 5.74) is 1.53. The van der Waals surface area contributed by atoms with Crippen molar-refractivity contribution in [1.82, 2.24) is 9.88 Å². The largest absolute Gasteiger partial charge is 0.493 e.